The monoisotopic (exact) mass is 547 g/mol. The van der Waals surface area contributed by atoms with Gasteiger partial charge >= 0.3 is 0 Å². The molecule has 2 aromatic rings. The largest absolute Gasteiger partial charge is 0.282 e. The molecule has 0 saturated heterocycles. The smallest absolute Gasteiger partial charge is 0.269 e. The molecule has 2 amide bonds. The van der Waals surface area contributed by atoms with Crippen molar-refractivity contribution in [2.24, 2.45) is 0 Å². The maximum atomic E-state index is 13.0. The van der Waals surface area contributed by atoms with Crippen molar-refractivity contribution in [1.82, 2.24) is 10.1 Å². The van der Waals surface area contributed by atoms with Crippen LogP contribution < -0.4 is 15.2 Å². The second-order valence-corrected chi connectivity index (χ2v) is 11.8. The average Bonchev–Trinajstić information content (AvgIpc) is 3.17. The molecule has 0 aromatic heterocycles. The summed E-state index contributed by atoms with van der Waals surface area (Å²) >= 11 is 6.16. The van der Waals surface area contributed by atoms with Crippen LogP contribution in [0.4, 0.5) is 5.69 Å². The Morgan fingerprint density at radius 1 is 0.973 bits per heavy atom. The fraction of sp³-hybridized carbons (Fsp3) is 0.500. The molecule has 0 bridgehead atoms. The zero-order chi connectivity index (χ0) is 26.8. The molecule has 202 valence electrons. The molecule has 1 aliphatic rings. The molecule has 0 aliphatic carbocycles. The van der Waals surface area contributed by atoms with Gasteiger partial charge in [0.05, 0.1) is 16.8 Å². The molecule has 9 heteroatoms. The van der Waals surface area contributed by atoms with Gasteiger partial charge in [0.1, 0.15) is 4.90 Å². The maximum absolute atomic E-state index is 13.0. The number of fused-ring (bicyclic) bond motifs is 1. The molecule has 1 aliphatic heterocycles. The molecular formula is C28H38ClN3O4S. The van der Waals surface area contributed by atoms with Crippen LogP contribution in [-0.4, -0.2) is 26.3 Å². The summed E-state index contributed by atoms with van der Waals surface area (Å²) in [5.41, 5.74) is 5.04. The lowest BCUT2D eigenvalue weighted by molar-refractivity contribution is -0.119. The number of benzene rings is 2. The number of amides is 2. The van der Waals surface area contributed by atoms with E-state index < -0.39 is 21.8 Å². The Kier molecular flexibility index (Phi) is 10.8. The second kappa shape index (κ2) is 13.8. The highest BCUT2D eigenvalue weighted by Gasteiger charge is 2.28. The summed E-state index contributed by atoms with van der Waals surface area (Å²) in [6.45, 7) is 4.20. The van der Waals surface area contributed by atoms with Crippen LogP contribution >= 0.6 is 11.6 Å². The Bertz CT molecular complexity index is 1190. The first-order valence-corrected chi connectivity index (χ1v) is 15.1. The van der Waals surface area contributed by atoms with E-state index >= 15 is 0 Å². The number of para-hydroxylation sites is 1. The van der Waals surface area contributed by atoms with Crippen molar-refractivity contribution in [3.05, 3.63) is 58.6 Å². The van der Waals surface area contributed by atoms with Gasteiger partial charge in [-0.3, -0.25) is 20.0 Å². The van der Waals surface area contributed by atoms with Crippen LogP contribution in [0.5, 0.6) is 0 Å². The van der Waals surface area contributed by atoms with Crippen molar-refractivity contribution in [2.45, 2.75) is 95.4 Å². The van der Waals surface area contributed by atoms with Crippen LogP contribution in [-0.2, 0) is 21.2 Å². The minimum absolute atomic E-state index is 0.0530. The van der Waals surface area contributed by atoms with E-state index in [1.165, 1.54) is 50.3 Å². The molecule has 2 N–H and O–H groups in total. The topological polar surface area (TPSA) is 95.6 Å². The highest BCUT2D eigenvalue weighted by molar-refractivity contribution is 7.90. The van der Waals surface area contributed by atoms with Crippen molar-refractivity contribution >= 4 is 39.1 Å². The van der Waals surface area contributed by atoms with E-state index in [1.54, 1.807) is 5.01 Å². The summed E-state index contributed by atoms with van der Waals surface area (Å²) in [4.78, 5) is 25.0. The summed E-state index contributed by atoms with van der Waals surface area (Å²) < 4.78 is 27.9. The van der Waals surface area contributed by atoms with Gasteiger partial charge < -0.3 is 0 Å². The highest BCUT2D eigenvalue weighted by atomic mass is 35.5. The van der Waals surface area contributed by atoms with E-state index in [1.807, 2.05) is 31.2 Å². The number of hydrazine groups is 1. The molecule has 1 atom stereocenters. The number of rotatable bonds is 14. The van der Waals surface area contributed by atoms with Crippen molar-refractivity contribution in [1.29, 1.82) is 0 Å². The van der Waals surface area contributed by atoms with Gasteiger partial charge in [-0.25, -0.2) is 13.1 Å². The van der Waals surface area contributed by atoms with Crippen molar-refractivity contribution in [2.75, 3.05) is 5.01 Å². The molecule has 7 nitrogen and oxygen atoms in total. The molecule has 37 heavy (non-hydrogen) atoms. The summed E-state index contributed by atoms with van der Waals surface area (Å²) in [7, 11) is -4.22. The predicted molar refractivity (Wildman–Crippen MR) is 148 cm³/mol. The fourth-order valence-corrected chi connectivity index (χ4v) is 6.15. The molecule has 1 unspecified atom stereocenters. The quantitative estimate of drug-likeness (QED) is 0.276. The minimum Gasteiger partial charge on any atom is -0.282 e. The Morgan fingerprint density at radius 2 is 1.62 bits per heavy atom. The molecule has 2 aromatic carbocycles. The number of hydrogen-bond acceptors (Lipinski definition) is 5. The van der Waals surface area contributed by atoms with Crippen LogP contribution in [0.3, 0.4) is 0 Å². The number of anilines is 1. The molecule has 3 rings (SSSR count). The summed E-state index contributed by atoms with van der Waals surface area (Å²) in [6, 6.07) is 11.9. The first-order chi connectivity index (χ1) is 17.7. The summed E-state index contributed by atoms with van der Waals surface area (Å²) in [6.07, 6.45) is 10.8. The lowest BCUT2D eigenvalue weighted by Gasteiger charge is -2.25. The van der Waals surface area contributed by atoms with E-state index in [9.17, 15) is 18.0 Å². The third kappa shape index (κ3) is 8.20. The maximum Gasteiger partial charge on any atom is 0.269 e. The summed E-state index contributed by atoms with van der Waals surface area (Å²) in [5.74, 6) is -1.03. The Balaban J connectivity index is 1.54. The van der Waals surface area contributed by atoms with Crippen LogP contribution in [0.15, 0.2) is 47.4 Å². The van der Waals surface area contributed by atoms with Gasteiger partial charge in [-0.05, 0) is 49.6 Å². The van der Waals surface area contributed by atoms with Gasteiger partial charge in [0.2, 0.25) is 5.91 Å². The zero-order valence-corrected chi connectivity index (χ0v) is 23.3. The van der Waals surface area contributed by atoms with Crippen LogP contribution in [0.2, 0.25) is 5.02 Å². The predicted octanol–water partition coefficient (Wildman–Crippen LogP) is 6.16. The average molecular weight is 548 g/mol. The van der Waals surface area contributed by atoms with Gasteiger partial charge in [-0.15, -0.1) is 0 Å². The van der Waals surface area contributed by atoms with Crippen LogP contribution in [0.1, 0.15) is 94.0 Å². The van der Waals surface area contributed by atoms with Gasteiger partial charge in [0.25, 0.3) is 15.9 Å². The SMILES string of the molecule is CCCCCCCCCCCC(=O)NS(=O)(=O)c1cc(C(=O)NN2c3ccccc3CC2C)ccc1Cl. The zero-order valence-electron chi connectivity index (χ0n) is 21.8. The highest BCUT2D eigenvalue weighted by Crippen LogP contribution is 2.30. The standard InChI is InChI=1S/C28H38ClN3O4S/c1-3-4-5-6-7-8-9-10-11-16-27(33)31-37(35,36)26-20-23(17-18-24(26)29)28(34)30-32-21(2)19-22-14-12-13-15-25(22)32/h12-15,17-18,20-21H,3-11,16,19H2,1-2H3,(H,30,34)(H,31,33). The Hall–Kier alpha value is -2.58. The van der Waals surface area contributed by atoms with Gasteiger partial charge in [-0.2, -0.15) is 0 Å². The normalized spacial score (nSPS) is 14.9. The number of nitrogens with one attached hydrogen (secondary N) is 2. The third-order valence-electron chi connectivity index (χ3n) is 6.67. The molecule has 0 fully saturated rings. The van der Waals surface area contributed by atoms with Crippen LogP contribution in [0.25, 0.3) is 0 Å². The number of hydrogen-bond donors (Lipinski definition) is 2. The number of sulfonamides is 1. The van der Waals surface area contributed by atoms with Crippen molar-refractivity contribution in [3.63, 3.8) is 0 Å². The number of halogens is 1. The lowest BCUT2D eigenvalue weighted by Crippen LogP contribution is -2.45. The third-order valence-corrected chi connectivity index (χ3v) is 8.52. The van der Waals surface area contributed by atoms with E-state index in [0.29, 0.717) is 6.42 Å². The van der Waals surface area contributed by atoms with Gasteiger partial charge in [0.15, 0.2) is 0 Å². The van der Waals surface area contributed by atoms with E-state index in [0.717, 1.165) is 36.9 Å². The van der Waals surface area contributed by atoms with Crippen molar-refractivity contribution in [3.8, 4) is 0 Å². The first-order valence-electron chi connectivity index (χ1n) is 13.3. The van der Waals surface area contributed by atoms with Gasteiger partial charge in [0, 0.05) is 12.0 Å². The van der Waals surface area contributed by atoms with Gasteiger partial charge in [-0.1, -0.05) is 88.1 Å². The number of unbranched alkanes of at least 4 members (excludes halogenated alkanes) is 8. The Morgan fingerprint density at radius 3 is 2.32 bits per heavy atom. The fourth-order valence-electron chi connectivity index (χ4n) is 4.61. The van der Waals surface area contributed by atoms with E-state index in [-0.39, 0.29) is 27.9 Å². The molecule has 0 saturated carbocycles. The first kappa shape index (κ1) is 29.0. The lowest BCUT2D eigenvalue weighted by atomic mass is 10.1. The molecule has 0 spiro atoms. The number of nitrogens with zero attached hydrogens (tertiary/aromatic N) is 1. The van der Waals surface area contributed by atoms with E-state index in [4.69, 9.17) is 11.6 Å². The van der Waals surface area contributed by atoms with E-state index in [2.05, 4.69) is 17.1 Å². The number of carbonyl (C=O) groups is 2. The molecule has 1 heterocycles. The van der Waals surface area contributed by atoms with Crippen molar-refractivity contribution < 1.29 is 18.0 Å². The summed E-state index contributed by atoms with van der Waals surface area (Å²) in [5, 5.41) is 1.73. The second-order valence-electron chi connectivity index (χ2n) is 9.75. The minimum atomic E-state index is -4.22. The Labute approximate surface area is 226 Å². The van der Waals surface area contributed by atoms with Crippen LogP contribution in [0, 0.1) is 0 Å². The molecule has 0 radical (unpaired) electrons. The molecular weight excluding hydrogens is 510 g/mol. The number of carbonyl (C=O) groups excluding carboxylic acids is 2.